The standard InChI is InChI=1S/C19H19N5O3/c1-13-10-15(6-8-17(13)24-12-20-22-23-24)21-19(25)9-5-14-4-7-16(26-2)11-18(14)27-3/h4-12H,1-3H3,(H,21,25)/b9-5+. The van der Waals surface area contributed by atoms with Gasteiger partial charge in [0, 0.05) is 23.4 Å². The number of amides is 1. The average molecular weight is 365 g/mol. The first-order valence-electron chi connectivity index (χ1n) is 8.16. The molecule has 8 heteroatoms. The van der Waals surface area contributed by atoms with E-state index in [4.69, 9.17) is 9.47 Å². The van der Waals surface area contributed by atoms with Crippen molar-refractivity contribution in [3.8, 4) is 17.2 Å². The van der Waals surface area contributed by atoms with Gasteiger partial charge in [0.05, 0.1) is 19.9 Å². The number of rotatable bonds is 6. The maximum absolute atomic E-state index is 12.2. The van der Waals surface area contributed by atoms with Crippen LogP contribution in [0.1, 0.15) is 11.1 Å². The van der Waals surface area contributed by atoms with E-state index in [1.165, 1.54) is 12.4 Å². The molecule has 0 atom stereocenters. The molecule has 0 aliphatic heterocycles. The summed E-state index contributed by atoms with van der Waals surface area (Å²) in [4.78, 5) is 12.2. The van der Waals surface area contributed by atoms with Crippen molar-refractivity contribution in [3.63, 3.8) is 0 Å². The Bertz CT molecular complexity index is 967. The molecule has 1 heterocycles. The number of hydrogen-bond donors (Lipinski definition) is 1. The Labute approximate surface area is 156 Å². The van der Waals surface area contributed by atoms with Crippen molar-refractivity contribution >= 4 is 17.7 Å². The minimum Gasteiger partial charge on any atom is -0.497 e. The lowest BCUT2D eigenvalue weighted by atomic mass is 10.1. The van der Waals surface area contributed by atoms with Crippen LogP contribution in [0, 0.1) is 6.92 Å². The maximum Gasteiger partial charge on any atom is 0.248 e. The van der Waals surface area contributed by atoms with Crippen molar-refractivity contribution in [2.24, 2.45) is 0 Å². The molecule has 0 saturated heterocycles. The highest BCUT2D eigenvalue weighted by Gasteiger charge is 2.06. The second-order valence-corrected chi connectivity index (χ2v) is 5.69. The van der Waals surface area contributed by atoms with E-state index in [2.05, 4.69) is 20.8 Å². The first-order chi connectivity index (χ1) is 13.1. The Hall–Kier alpha value is -3.68. The summed E-state index contributed by atoms with van der Waals surface area (Å²) in [5.74, 6) is 1.06. The Balaban J connectivity index is 1.71. The monoisotopic (exact) mass is 365 g/mol. The Morgan fingerprint density at radius 3 is 2.67 bits per heavy atom. The number of aryl methyl sites for hydroxylation is 1. The van der Waals surface area contributed by atoms with Crippen LogP contribution < -0.4 is 14.8 Å². The number of carbonyl (C=O) groups excluding carboxylic acids is 1. The third-order valence-electron chi connectivity index (χ3n) is 3.92. The lowest BCUT2D eigenvalue weighted by Gasteiger charge is -2.08. The molecular weight excluding hydrogens is 346 g/mol. The summed E-state index contributed by atoms with van der Waals surface area (Å²) in [6.45, 7) is 1.92. The number of nitrogens with one attached hydrogen (secondary N) is 1. The van der Waals surface area contributed by atoms with Crippen LogP contribution >= 0.6 is 0 Å². The van der Waals surface area contributed by atoms with E-state index in [1.54, 1.807) is 43.2 Å². The van der Waals surface area contributed by atoms with Gasteiger partial charge in [-0.3, -0.25) is 4.79 Å². The van der Waals surface area contributed by atoms with Gasteiger partial charge in [0.2, 0.25) is 5.91 Å². The molecule has 1 N–H and O–H groups in total. The lowest BCUT2D eigenvalue weighted by Crippen LogP contribution is -2.08. The fourth-order valence-electron chi connectivity index (χ4n) is 2.57. The van der Waals surface area contributed by atoms with Gasteiger partial charge in [-0.1, -0.05) is 0 Å². The zero-order chi connectivity index (χ0) is 19.2. The van der Waals surface area contributed by atoms with E-state index < -0.39 is 0 Å². The van der Waals surface area contributed by atoms with E-state index in [1.807, 2.05) is 25.1 Å². The number of aromatic nitrogens is 4. The molecular formula is C19H19N5O3. The summed E-state index contributed by atoms with van der Waals surface area (Å²) < 4.78 is 12.1. The van der Waals surface area contributed by atoms with Crippen molar-refractivity contribution in [1.29, 1.82) is 0 Å². The molecule has 1 aromatic heterocycles. The maximum atomic E-state index is 12.2. The predicted molar refractivity (Wildman–Crippen MR) is 101 cm³/mol. The van der Waals surface area contributed by atoms with Gasteiger partial charge in [-0.2, -0.15) is 0 Å². The van der Waals surface area contributed by atoms with Gasteiger partial charge in [0.15, 0.2) is 0 Å². The van der Waals surface area contributed by atoms with E-state index >= 15 is 0 Å². The highest BCUT2D eigenvalue weighted by molar-refractivity contribution is 6.02. The van der Waals surface area contributed by atoms with Crippen molar-refractivity contribution in [2.75, 3.05) is 19.5 Å². The quantitative estimate of drug-likeness (QED) is 0.675. The SMILES string of the molecule is COc1ccc(/C=C/C(=O)Nc2ccc(-n3cnnn3)c(C)c2)c(OC)c1. The van der Waals surface area contributed by atoms with Gasteiger partial charge in [0.25, 0.3) is 0 Å². The van der Waals surface area contributed by atoms with Crippen LogP contribution in [0.5, 0.6) is 11.5 Å². The summed E-state index contributed by atoms with van der Waals surface area (Å²) in [5, 5.41) is 13.9. The molecule has 1 amide bonds. The Kier molecular flexibility index (Phi) is 5.46. The van der Waals surface area contributed by atoms with Crippen molar-refractivity contribution in [1.82, 2.24) is 20.2 Å². The van der Waals surface area contributed by atoms with Crippen LogP contribution in [0.3, 0.4) is 0 Å². The van der Waals surface area contributed by atoms with Gasteiger partial charge < -0.3 is 14.8 Å². The molecule has 0 bridgehead atoms. The van der Waals surface area contributed by atoms with Gasteiger partial charge in [-0.25, -0.2) is 4.68 Å². The molecule has 8 nitrogen and oxygen atoms in total. The molecule has 3 rings (SSSR count). The van der Waals surface area contributed by atoms with E-state index in [0.717, 1.165) is 16.8 Å². The van der Waals surface area contributed by atoms with Crippen LogP contribution in [-0.4, -0.2) is 40.3 Å². The summed E-state index contributed by atoms with van der Waals surface area (Å²) in [7, 11) is 3.16. The van der Waals surface area contributed by atoms with Crippen LogP contribution in [0.15, 0.2) is 48.8 Å². The third kappa shape index (κ3) is 4.30. The van der Waals surface area contributed by atoms with Crippen molar-refractivity contribution in [3.05, 3.63) is 59.9 Å². The molecule has 0 fully saturated rings. The van der Waals surface area contributed by atoms with Crippen LogP contribution in [0.2, 0.25) is 0 Å². The number of methoxy groups -OCH3 is 2. The second-order valence-electron chi connectivity index (χ2n) is 5.69. The number of nitrogens with zero attached hydrogens (tertiary/aromatic N) is 4. The molecule has 138 valence electrons. The highest BCUT2D eigenvalue weighted by atomic mass is 16.5. The fourth-order valence-corrected chi connectivity index (χ4v) is 2.57. The molecule has 2 aromatic carbocycles. The summed E-state index contributed by atoms with van der Waals surface area (Å²) in [5.41, 5.74) is 3.23. The molecule has 3 aromatic rings. The lowest BCUT2D eigenvalue weighted by molar-refractivity contribution is -0.111. The van der Waals surface area contributed by atoms with Crippen LogP contribution in [0.4, 0.5) is 5.69 Å². The fraction of sp³-hybridized carbons (Fsp3) is 0.158. The van der Waals surface area contributed by atoms with Crippen LogP contribution in [-0.2, 0) is 4.79 Å². The minimum atomic E-state index is -0.248. The third-order valence-corrected chi connectivity index (χ3v) is 3.92. The normalized spacial score (nSPS) is 10.8. The number of anilines is 1. The second kappa shape index (κ2) is 8.13. The largest absolute Gasteiger partial charge is 0.497 e. The summed E-state index contributed by atoms with van der Waals surface area (Å²) in [6.07, 6.45) is 4.66. The summed E-state index contributed by atoms with van der Waals surface area (Å²) in [6, 6.07) is 10.9. The number of benzene rings is 2. The zero-order valence-electron chi connectivity index (χ0n) is 15.2. The smallest absolute Gasteiger partial charge is 0.248 e. The molecule has 0 spiro atoms. The minimum absolute atomic E-state index is 0.248. The highest BCUT2D eigenvalue weighted by Crippen LogP contribution is 2.25. The molecule has 0 aliphatic rings. The van der Waals surface area contributed by atoms with Gasteiger partial charge >= 0.3 is 0 Å². The number of ether oxygens (including phenoxy) is 2. The number of carbonyl (C=O) groups is 1. The zero-order valence-corrected chi connectivity index (χ0v) is 15.2. The van der Waals surface area contributed by atoms with E-state index in [-0.39, 0.29) is 5.91 Å². The predicted octanol–water partition coefficient (Wildman–Crippen LogP) is 2.64. The van der Waals surface area contributed by atoms with E-state index in [9.17, 15) is 4.79 Å². The molecule has 0 unspecified atom stereocenters. The van der Waals surface area contributed by atoms with E-state index in [0.29, 0.717) is 17.2 Å². The molecule has 0 aliphatic carbocycles. The Morgan fingerprint density at radius 2 is 2.00 bits per heavy atom. The number of hydrogen-bond acceptors (Lipinski definition) is 6. The molecule has 27 heavy (non-hydrogen) atoms. The average Bonchev–Trinajstić information content (AvgIpc) is 3.20. The van der Waals surface area contributed by atoms with Gasteiger partial charge in [-0.05, 0) is 59.3 Å². The van der Waals surface area contributed by atoms with Crippen molar-refractivity contribution < 1.29 is 14.3 Å². The number of tetrazole rings is 1. The van der Waals surface area contributed by atoms with Crippen molar-refractivity contribution in [2.45, 2.75) is 6.92 Å². The molecule has 0 saturated carbocycles. The first-order valence-corrected chi connectivity index (χ1v) is 8.16. The van der Waals surface area contributed by atoms with Gasteiger partial charge in [-0.15, -0.1) is 5.10 Å². The van der Waals surface area contributed by atoms with Gasteiger partial charge in [0.1, 0.15) is 17.8 Å². The molecule has 0 radical (unpaired) electrons. The Morgan fingerprint density at radius 1 is 1.15 bits per heavy atom. The topological polar surface area (TPSA) is 91.2 Å². The first kappa shape index (κ1) is 18.1. The summed E-state index contributed by atoms with van der Waals surface area (Å²) >= 11 is 0. The van der Waals surface area contributed by atoms with Crippen LogP contribution in [0.25, 0.3) is 11.8 Å².